The van der Waals surface area contributed by atoms with Gasteiger partial charge in [0.15, 0.2) is 0 Å². The first-order valence-corrected chi connectivity index (χ1v) is 16.8. The van der Waals surface area contributed by atoms with Crippen molar-refractivity contribution in [1.82, 2.24) is 30.0 Å². The molecule has 1 aliphatic carbocycles. The van der Waals surface area contributed by atoms with Gasteiger partial charge in [-0.1, -0.05) is 30.3 Å². The van der Waals surface area contributed by atoms with Gasteiger partial charge in [-0.25, -0.2) is 33.4 Å². The lowest BCUT2D eigenvalue weighted by Crippen LogP contribution is -2.42. The Labute approximate surface area is 314 Å². The lowest BCUT2D eigenvalue weighted by atomic mass is 9.94. The Morgan fingerprint density at radius 2 is 1.46 bits per heavy atom. The molecule has 0 radical (unpaired) electrons. The van der Waals surface area contributed by atoms with Crippen molar-refractivity contribution in [3.63, 3.8) is 0 Å². The zero-order valence-electron chi connectivity index (χ0n) is 29.7. The van der Waals surface area contributed by atoms with Gasteiger partial charge in [-0.15, -0.1) is 0 Å². The number of para-hydroxylation sites is 1. The molecule has 5 N–H and O–H groups in total. The van der Waals surface area contributed by atoms with Crippen LogP contribution in [0.1, 0.15) is 29.9 Å². The van der Waals surface area contributed by atoms with Crippen LogP contribution in [0.5, 0.6) is 0 Å². The van der Waals surface area contributed by atoms with Gasteiger partial charge in [0.1, 0.15) is 17.3 Å². The number of carboxylic acid groups (broad SMARTS) is 2. The van der Waals surface area contributed by atoms with Crippen molar-refractivity contribution in [2.45, 2.75) is 50.1 Å². The Bertz CT molecular complexity index is 1900. The number of rotatable bonds is 10. The number of aliphatic carboxylic acids is 2. The minimum atomic E-state index is -5.08. The molecule has 0 bridgehead atoms. The second-order valence-electron chi connectivity index (χ2n) is 12.5. The summed E-state index contributed by atoms with van der Waals surface area (Å²) < 4.78 is 84.1. The predicted octanol–water partition coefficient (Wildman–Crippen LogP) is 5.85. The summed E-state index contributed by atoms with van der Waals surface area (Å²) in [5.41, 5.74) is 4.03. The average molecular weight is 799 g/mol. The minimum absolute atomic E-state index is 0.00353. The number of aromatic nitrogens is 4. The molecule has 4 aromatic rings. The van der Waals surface area contributed by atoms with Gasteiger partial charge in [0.25, 0.3) is 0 Å². The second-order valence-corrected chi connectivity index (χ2v) is 12.5. The quantitative estimate of drug-likeness (QED) is 0.121. The first kappa shape index (κ1) is 42.9. The number of carboxylic acids is 2. The number of urea groups is 1. The topological polar surface area (TPSA) is 184 Å². The molecule has 2 aromatic heterocycles. The van der Waals surface area contributed by atoms with E-state index in [0.717, 1.165) is 48.3 Å². The van der Waals surface area contributed by atoms with Crippen LogP contribution < -0.4 is 16.0 Å². The number of hydrogen-bond acceptors (Lipinski definition) is 9. The number of hydrogen-bond donors (Lipinski definition) is 5. The van der Waals surface area contributed by atoms with E-state index in [1.165, 1.54) is 12.1 Å². The standard InChI is InChI=1S/C31H35FN8O2.2C2HF3O2/c1-20-28(22-16-33-30(34-17-22)35-24-12-13-24)38-40(25-6-4-3-5-7-25)29(20)37-31(41)36-27-19-39(14-15-42-2)18-26(27)21-8-10-23(32)11-9-21;2*3-2(4,5)1(6)7/h3-11,16-17,24,26-27H,12-15,18-19H2,1-2H3,(H,33,34,35)(H2,36,37,41);2*(H,6,7)/t26-,27+;;/m0../s1. The SMILES string of the molecule is COCCN1C[C@@H](NC(=O)Nc2c(C)c(-c3cnc(NC4CC4)nc3)nn2-c2ccccc2)[C@H](c2ccc(F)cc2)C1.O=C(O)C(F)(F)F.O=C(O)C(F)(F)F. The lowest BCUT2D eigenvalue weighted by molar-refractivity contribution is -0.193. The molecular weight excluding hydrogens is 761 g/mol. The highest BCUT2D eigenvalue weighted by Crippen LogP contribution is 2.32. The van der Waals surface area contributed by atoms with Crippen molar-refractivity contribution < 1.29 is 60.1 Å². The summed E-state index contributed by atoms with van der Waals surface area (Å²) in [4.78, 5) is 42.6. The summed E-state index contributed by atoms with van der Waals surface area (Å²) in [7, 11) is 1.68. The van der Waals surface area contributed by atoms with Gasteiger partial charge in [-0.3, -0.25) is 10.2 Å². The highest BCUT2D eigenvalue weighted by atomic mass is 19.4. The van der Waals surface area contributed by atoms with E-state index < -0.39 is 24.3 Å². The zero-order chi connectivity index (χ0) is 41.2. The van der Waals surface area contributed by atoms with Crippen LogP contribution in [0.15, 0.2) is 67.0 Å². The maximum atomic E-state index is 13.7. The molecule has 1 saturated carbocycles. The zero-order valence-corrected chi connectivity index (χ0v) is 29.7. The summed E-state index contributed by atoms with van der Waals surface area (Å²) in [5.74, 6) is -4.63. The first-order chi connectivity index (χ1) is 26.4. The molecule has 1 saturated heterocycles. The molecule has 302 valence electrons. The normalized spacial score (nSPS) is 16.8. The van der Waals surface area contributed by atoms with Crippen molar-refractivity contribution in [3.05, 3.63) is 83.9 Å². The number of methoxy groups -OCH3 is 1. The monoisotopic (exact) mass is 798 g/mol. The molecule has 2 fully saturated rings. The highest BCUT2D eigenvalue weighted by molar-refractivity contribution is 5.91. The van der Waals surface area contributed by atoms with E-state index in [1.54, 1.807) is 36.3 Å². The molecule has 2 amide bonds. The van der Waals surface area contributed by atoms with E-state index in [-0.39, 0.29) is 23.8 Å². The Balaban J connectivity index is 0.000000425. The molecule has 6 rings (SSSR count). The van der Waals surface area contributed by atoms with E-state index in [9.17, 15) is 35.5 Å². The molecule has 0 spiro atoms. The van der Waals surface area contributed by atoms with Crippen LogP contribution in [0.2, 0.25) is 0 Å². The van der Waals surface area contributed by atoms with E-state index in [0.29, 0.717) is 36.7 Å². The van der Waals surface area contributed by atoms with Gasteiger partial charge < -0.3 is 25.6 Å². The molecule has 21 heteroatoms. The number of nitrogens with zero attached hydrogens (tertiary/aromatic N) is 5. The van der Waals surface area contributed by atoms with Crippen molar-refractivity contribution in [2.75, 3.05) is 44.0 Å². The van der Waals surface area contributed by atoms with Crippen LogP contribution in [-0.4, -0.2) is 111 Å². The number of alkyl halides is 6. The Morgan fingerprint density at radius 1 is 0.893 bits per heavy atom. The lowest BCUT2D eigenvalue weighted by Gasteiger charge is -2.21. The predicted molar refractivity (Wildman–Crippen MR) is 187 cm³/mol. The number of nitrogens with one attached hydrogen (secondary N) is 3. The summed E-state index contributed by atoms with van der Waals surface area (Å²) in [6.07, 6.45) is -4.38. The Morgan fingerprint density at radius 3 is 1.98 bits per heavy atom. The third-order valence-electron chi connectivity index (χ3n) is 8.30. The maximum Gasteiger partial charge on any atom is 0.490 e. The first-order valence-electron chi connectivity index (χ1n) is 16.8. The van der Waals surface area contributed by atoms with E-state index in [2.05, 4.69) is 30.8 Å². The molecule has 56 heavy (non-hydrogen) atoms. The van der Waals surface area contributed by atoms with Gasteiger partial charge >= 0.3 is 30.3 Å². The molecular formula is C35H37F7N8O6. The molecule has 2 atom stereocenters. The Hall–Kier alpha value is -5.83. The fourth-order valence-electron chi connectivity index (χ4n) is 5.40. The molecule has 14 nitrogen and oxygen atoms in total. The van der Waals surface area contributed by atoms with Crippen molar-refractivity contribution in [3.8, 4) is 16.9 Å². The Kier molecular flexibility index (Phi) is 14.3. The fourth-order valence-corrected chi connectivity index (χ4v) is 5.40. The van der Waals surface area contributed by atoms with Gasteiger partial charge in [-0.2, -0.15) is 31.4 Å². The number of anilines is 2. The van der Waals surface area contributed by atoms with Crippen molar-refractivity contribution in [1.29, 1.82) is 0 Å². The highest BCUT2D eigenvalue weighted by Gasteiger charge is 2.39. The average Bonchev–Trinajstić information content (AvgIpc) is 3.79. The van der Waals surface area contributed by atoms with E-state index in [1.807, 2.05) is 37.3 Å². The largest absolute Gasteiger partial charge is 0.490 e. The number of amides is 2. The third-order valence-corrected chi connectivity index (χ3v) is 8.30. The van der Waals surface area contributed by atoms with Crippen molar-refractivity contribution in [2.24, 2.45) is 0 Å². The van der Waals surface area contributed by atoms with Crippen molar-refractivity contribution >= 4 is 29.7 Å². The third kappa shape index (κ3) is 12.3. The van der Waals surface area contributed by atoms with Gasteiger partial charge in [0.05, 0.1) is 18.3 Å². The summed E-state index contributed by atoms with van der Waals surface area (Å²) in [5, 5.41) is 28.7. The van der Waals surface area contributed by atoms with Crippen LogP contribution in [-0.2, 0) is 14.3 Å². The van der Waals surface area contributed by atoms with E-state index in [4.69, 9.17) is 29.6 Å². The summed E-state index contributed by atoms with van der Waals surface area (Å²) >= 11 is 0. The molecule has 1 aliphatic heterocycles. The molecule has 2 aromatic carbocycles. The van der Waals surface area contributed by atoms with Crippen LogP contribution in [0.4, 0.5) is 47.3 Å². The summed E-state index contributed by atoms with van der Waals surface area (Å²) in [6, 6.07) is 16.1. The molecule has 2 aliphatic rings. The van der Waals surface area contributed by atoms with Crippen LogP contribution in [0.25, 0.3) is 16.9 Å². The minimum Gasteiger partial charge on any atom is -0.475 e. The smallest absolute Gasteiger partial charge is 0.475 e. The van der Waals surface area contributed by atoms with Crippen LogP contribution in [0.3, 0.4) is 0 Å². The van der Waals surface area contributed by atoms with Crippen LogP contribution in [0, 0.1) is 12.7 Å². The molecule has 0 unspecified atom stereocenters. The van der Waals surface area contributed by atoms with Gasteiger partial charge in [0, 0.05) is 62.2 Å². The maximum absolute atomic E-state index is 13.7. The van der Waals surface area contributed by atoms with Gasteiger partial charge in [0.2, 0.25) is 5.95 Å². The number of benzene rings is 2. The van der Waals surface area contributed by atoms with E-state index >= 15 is 0 Å². The van der Waals surface area contributed by atoms with Gasteiger partial charge in [-0.05, 0) is 49.6 Å². The second kappa shape index (κ2) is 18.7. The number of halogens is 7. The number of likely N-dealkylation sites (tertiary alicyclic amines) is 1. The molecule has 3 heterocycles. The number of carbonyl (C=O) groups is 3. The summed E-state index contributed by atoms with van der Waals surface area (Å²) in [6.45, 7) is 4.65. The van der Waals surface area contributed by atoms with Crippen LogP contribution >= 0.6 is 0 Å². The number of carbonyl (C=O) groups excluding carboxylic acids is 1. The fraction of sp³-hybridized carbons (Fsp3) is 0.371. The number of ether oxygens (including phenoxy) is 1.